The van der Waals surface area contributed by atoms with Crippen molar-refractivity contribution in [3.8, 4) is 0 Å². The maximum Gasteiger partial charge on any atom is 0.0926 e. The highest BCUT2D eigenvalue weighted by Gasteiger charge is 2.20. The lowest BCUT2D eigenvalue weighted by molar-refractivity contribution is 0.158. The van der Waals surface area contributed by atoms with Crippen LogP contribution in [0.25, 0.3) is 0 Å². The molecule has 2 rings (SSSR count). The summed E-state index contributed by atoms with van der Waals surface area (Å²) < 4.78 is 5.06. The molecule has 1 fully saturated rings. The van der Waals surface area contributed by atoms with Crippen molar-refractivity contribution in [3.05, 3.63) is 16.1 Å². The van der Waals surface area contributed by atoms with Crippen LogP contribution < -0.4 is 5.32 Å². The fraction of sp³-hybridized carbons (Fsp3) is 0.800. The molecule has 114 valence electrons. The SMILES string of the molecule is CCc1nc(CN2CCCC(CNCCOC)C2)cs1. The number of aryl methyl sites for hydroxylation is 1. The van der Waals surface area contributed by atoms with Crippen molar-refractivity contribution < 1.29 is 4.74 Å². The number of aromatic nitrogens is 1. The molecule has 1 unspecified atom stereocenters. The van der Waals surface area contributed by atoms with E-state index in [1.54, 1.807) is 18.4 Å². The molecule has 0 aliphatic carbocycles. The number of hydrogen-bond acceptors (Lipinski definition) is 5. The summed E-state index contributed by atoms with van der Waals surface area (Å²) in [5, 5.41) is 6.97. The van der Waals surface area contributed by atoms with E-state index in [2.05, 4.69) is 27.5 Å². The fourth-order valence-electron chi connectivity index (χ4n) is 2.75. The Balaban J connectivity index is 1.72. The van der Waals surface area contributed by atoms with Crippen LogP contribution >= 0.6 is 11.3 Å². The largest absolute Gasteiger partial charge is 0.383 e. The van der Waals surface area contributed by atoms with Gasteiger partial charge in [-0.05, 0) is 38.3 Å². The second kappa shape index (κ2) is 8.72. The predicted octanol–water partition coefficient (Wildman–Crippen LogP) is 2.15. The number of thiazole rings is 1. The topological polar surface area (TPSA) is 37.4 Å². The second-order valence-corrected chi connectivity index (χ2v) is 6.47. The molecule has 1 atom stereocenters. The van der Waals surface area contributed by atoms with Crippen LogP contribution in [0.4, 0.5) is 0 Å². The Morgan fingerprint density at radius 1 is 1.55 bits per heavy atom. The molecule has 1 aromatic heterocycles. The van der Waals surface area contributed by atoms with E-state index in [1.807, 2.05) is 0 Å². The molecular formula is C15H27N3OS. The standard InChI is InChI=1S/C15H27N3OS/c1-3-15-17-14(12-20-15)11-18-7-4-5-13(10-18)9-16-6-8-19-2/h12-13,16H,3-11H2,1-2H3. The van der Waals surface area contributed by atoms with Gasteiger partial charge in [0.1, 0.15) is 0 Å². The van der Waals surface area contributed by atoms with E-state index >= 15 is 0 Å². The number of piperidine rings is 1. The summed E-state index contributed by atoms with van der Waals surface area (Å²) in [6.07, 6.45) is 3.70. The molecule has 0 saturated carbocycles. The first-order chi connectivity index (χ1) is 9.81. The van der Waals surface area contributed by atoms with Gasteiger partial charge in [0.05, 0.1) is 17.3 Å². The van der Waals surface area contributed by atoms with Gasteiger partial charge >= 0.3 is 0 Å². The van der Waals surface area contributed by atoms with Crippen LogP contribution in [0.2, 0.25) is 0 Å². The van der Waals surface area contributed by atoms with Crippen LogP contribution in [0.1, 0.15) is 30.5 Å². The van der Waals surface area contributed by atoms with Gasteiger partial charge in [-0.25, -0.2) is 4.98 Å². The lowest BCUT2D eigenvalue weighted by Crippen LogP contribution is -2.39. The number of methoxy groups -OCH3 is 1. The Bertz CT molecular complexity index is 383. The van der Waals surface area contributed by atoms with Gasteiger partial charge in [-0.1, -0.05) is 6.92 Å². The monoisotopic (exact) mass is 297 g/mol. The van der Waals surface area contributed by atoms with Gasteiger partial charge in [-0.2, -0.15) is 0 Å². The molecule has 1 saturated heterocycles. The van der Waals surface area contributed by atoms with E-state index in [4.69, 9.17) is 4.74 Å². The number of rotatable bonds is 8. The highest BCUT2D eigenvalue weighted by molar-refractivity contribution is 7.09. The van der Waals surface area contributed by atoms with E-state index in [0.717, 1.165) is 38.6 Å². The number of hydrogen-bond donors (Lipinski definition) is 1. The van der Waals surface area contributed by atoms with Crippen molar-refractivity contribution in [1.29, 1.82) is 0 Å². The second-order valence-electron chi connectivity index (χ2n) is 5.53. The van der Waals surface area contributed by atoms with Crippen molar-refractivity contribution >= 4 is 11.3 Å². The Morgan fingerprint density at radius 2 is 2.45 bits per heavy atom. The lowest BCUT2D eigenvalue weighted by atomic mass is 9.98. The Labute approximate surface area is 126 Å². The molecule has 4 nitrogen and oxygen atoms in total. The number of likely N-dealkylation sites (tertiary alicyclic amines) is 1. The third kappa shape index (κ3) is 5.13. The maximum atomic E-state index is 5.06. The summed E-state index contributed by atoms with van der Waals surface area (Å²) in [5.74, 6) is 0.768. The van der Waals surface area contributed by atoms with Gasteiger partial charge in [-0.15, -0.1) is 11.3 Å². The van der Waals surface area contributed by atoms with Gasteiger partial charge in [0.2, 0.25) is 0 Å². The zero-order chi connectivity index (χ0) is 14.2. The first kappa shape index (κ1) is 15.9. The summed E-state index contributed by atoms with van der Waals surface area (Å²) in [5.41, 5.74) is 1.25. The third-order valence-corrected chi connectivity index (χ3v) is 4.85. The van der Waals surface area contributed by atoms with Crippen LogP contribution in [-0.4, -0.2) is 49.8 Å². The molecule has 0 bridgehead atoms. The summed E-state index contributed by atoms with van der Waals surface area (Å²) in [7, 11) is 1.75. The Hall–Kier alpha value is -0.490. The predicted molar refractivity (Wildman–Crippen MR) is 84.2 cm³/mol. The molecule has 1 aromatic rings. The van der Waals surface area contributed by atoms with Crippen molar-refractivity contribution in [3.63, 3.8) is 0 Å². The zero-order valence-electron chi connectivity index (χ0n) is 12.7. The van der Waals surface area contributed by atoms with Gasteiger partial charge in [0, 0.05) is 32.1 Å². The summed E-state index contributed by atoms with van der Waals surface area (Å²) in [4.78, 5) is 7.24. The van der Waals surface area contributed by atoms with Crippen molar-refractivity contribution in [1.82, 2.24) is 15.2 Å². The molecule has 0 spiro atoms. The van der Waals surface area contributed by atoms with E-state index < -0.39 is 0 Å². The van der Waals surface area contributed by atoms with E-state index in [1.165, 1.54) is 36.6 Å². The van der Waals surface area contributed by atoms with Crippen molar-refractivity contribution in [2.45, 2.75) is 32.7 Å². The third-order valence-electron chi connectivity index (χ3n) is 3.81. The first-order valence-corrected chi connectivity index (χ1v) is 8.55. The van der Waals surface area contributed by atoms with Crippen LogP contribution in [0.5, 0.6) is 0 Å². The van der Waals surface area contributed by atoms with Crippen LogP contribution in [0, 0.1) is 5.92 Å². The van der Waals surface area contributed by atoms with Crippen LogP contribution in [0.3, 0.4) is 0 Å². The molecule has 0 radical (unpaired) electrons. The molecular weight excluding hydrogens is 270 g/mol. The van der Waals surface area contributed by atoms with Crippen molar-refractivity contribution in [2.75, 3.05) is 39.9 Å². The van der Waals surface area contributed by atoms with Gasteiger partial charge in [0.15, 0.2) is 0 Å². The minimum Gasteiger partial charge on any atom is -0.383 e. The molecule has 0 aromatic carbocycles. The van der Waals surface area contributed by atoms with E-state index in [0.29, 0.717) is 0 Å². The minimum absolute atomic E-state index is 0.768. The normalized spacial score (nSPS) is 20.4. The molecule has 1 N–H and O–H groups in total. The number of ether oxygens (including phenoxy) is 1. The summed E-state index contributed by atoms with van der Waals surface area (Å²) >= 11 is 1.79. The Kier molecular flexibility index (Phi) is 6.93. The lowest BCUT2D eigenvalue weighted by Gasteiger charge is -2.32. The fourth-order valence-corrected chi connectivity index (χ4v) is 3.49. The average molecular weight is 297 g/mol. The highest BCUT2D eigenvalue weighted by atomic mass is 32.1. The first-order valence-electron chi connectivity index (χ1n) is 7.67. The van der Waals surface area contributed by atoms with Gasteiger partial charge in [0.25, 0.3) is 0 Å². The summed E-state index contributed by atoms with van der Waals surface area (Å²) in [6.45, 7) is 8.47. The van der Waals surface area contributed by atoms with Crippen LogP contribution in [0.15, 0.2) is 5.38 Å². The molecule has 0 amide bonds. The van der Waals surface area contributed by atoms with Gasteiger partial charge < -0.3 is 10.1 Å². The molecule has 1 aliphatic rings. The maximum absolute atomic E-state index is 5.06. The van der Waals surface area contributed by atoms with E-state index in [-0.39, 0.29) is 0 Å². The Morgan fingerprint density at radius 3 is 3.20 bits per heavy atom. The molecule has 20 heavy (non-hydrogen) atoms. The smallest absolute Gasteiger partial charge is 0.0926 e. The van der Waals surface area contributed by atoms with E-state index in [9.17, 15) is 0 Å². The quantitative estimate of drug-likeness (QED) is 0.746. The number of nitrogens with zero attached hydrogens (tertiary/aromatic N) is 2. The average Bonchev–Trinajstić information content (AvgIpc) is 2.92. The summed E-state index contributed by atoms with van der Waals surface area (Å²) in [6, 6.07) is 0. The highest BCUT2D eigenvalue weighted by Crippen LogP contribution is 2.19. The van der Waals surface area contributed by atoms with Crippen molar-refractivity contribution in [2.24, 2.45) is 5.92 Å². The molecule has 1 aliphatic heterocycles. The molecule has 2 heterocycles. The molecule has 5 heteroatoms. The van der Waals surface area contributed by atoms with Crippen LogP contribution in [-0.2, 0) is 17.7 Å². The number of nitrogens with one attached hydrogen (secondary N) is 1. The minimum atomic E-state index is 0.768. The zero-order valence-corrected chi connectivity index (χ0v) is 13.5. The van der Waals surface area contributed by atoms with Gasteiger partial charge in [-0.3, -0.25) is 4.90 Å².